The normalized spacial score (nSPS) is 18.7. The lowest BCUT2D eigenvalue weighted by Crippen LogP contribution is -2.34. The van der Waals surface area contributed by atoms with Crippen molar-refractivity contribution < 1.29 is 13.2 Å². The number of halogens is 3. The molecular weight excluding hydrogens is 347 g/mol. The van der Waals surface area contributed by atoms with E-state index in [2.05, 4.69) is 20.6 Å². The molecular formula is C18H15F3N3S. The number of thioether (sulfide) groups is 1. The van der Waals surface area contributed by atoms with Crippen molar-refractivity contribution >= 4 is 28.5 Å². The number of imidazole rings is 1. The minimum absolute atomic E-state index is 0.0219. The third kappa shape index (κ3) is 3.20. The number of alkyl halides is 3. The lowest BCUT2D eigenvalue weighted by molar-refractivity contribution is -0.137. The second-order valence-electron chi connectivity index (χ2n) is 5.89. The van der Waals surface area contributed by atoms with E-state index in [0.29, 0.717) is 0 Å². The minimum Gasteiger partial charge on any atom is -0.362 e. The van der Waals surface area contributed by atoms with Gasteiger partial charge >= 0.3 is 6.18 Å². The molecule has 3 nitrogen and oxygen atoms in total. The molecule has 0 saturated carbocycles. The van der Waals surface area contributed by atoms with Crippen LogP contribution in [0.5, 0.6) is 0 Å². The van der Waals surface area contributed by atoms with Gasteiger partial charge in [0, 0.05) is 23.7 Å². The van der Waals surface area contributed by atoms with E-state index in [9.17, 15) is 13.2 Å². The second-order valence-corrected chi connectivity index (χ2v) is 6.89. The fourth-order valence-corrected chi connectivity index (χ4v) is 4.02. The Kier molecular flexibility index (Phi) is 4.11. The predicted molar refractivity (Wildman–Crippen MR) is 94.4 cm³/mol. The average molecular weight is 362 g/mol. The van der Waals surface area contributed by atoms with Crippen LogP contribution in [-0.2, 0) is 6.18 Å². The van der Waals surface area contributed by atoms with Gasteiger partial charge in [0.2, 0.25) is 0 Å². The van der Waals surface area contributed by atoms with E-state index in [1.807, 2.05) is 18.2 Å². The Labute approximate surface area is 147 Å². The van der Waals surface area contributed by atoms with Gasteiger partial charge in [-0.15, -0.1) is 0 Å². The Bertz CT molecular complexity index is 873. The first kappa shape index (κ1) is 16.3. The predicted octanol–water partition coefficient (Wildman–Crippen LogP) is 5.04. The molecule has 1 saturated heterocycles. The van der Waals surface area contributed by atoms with Crippen LogP contribution in [0, 0.1) is 5.75 Å². The van der Waals surface area contributed by atoms with E-state index in [1.165, 1.54) is 0 Å². The Hall–Kier alpha value is -2.15. The SMILES string of the molecule is FC(F)(F)c1ccc(C2CS[CH]CN2c2ccc3[nH]cnc3c2)cc1. The summed E-state index contributed by atoms with van der Waals surface area (Å²) in [5.74, 6) is 2.92. The van der Waals surface area contributed by atoms with Crippen LogP contribution in [0.15, 0.2) is 48.8 Å². The van der Waals surface area contributed by atoms with Crippen LogP contribution in [0.1, 0.15) is 17.2 Å². The number of nitrogens with zero attached hydrogens (tertiary/aromatic N) is 2. The van der Waals surface area contributed by atoms with Gasteiger partial charge in [-0.25, -0.2) is 4.98 Å². The Morgan fingerprint density at radius 1 is 1.12 bits per heavy atom. The summed E-state index contributed by atoms with van der Waals surface area (Å²) in [7, 11) is 0. The second kappa shape index (κ2) is 6.29. The molecule has 1 fully saturated rings. The van der Waals surface area contributed by atoms with Gasteiger partial charge in [0.05, 0.1) is 29.0 Å². The van der Waals surface area contributed by atoms with Crippen LogP contribution in [0.3, 0.4) is 0 Å². The maximum atomic E-state index is 12.8. The van der Waals surface area contributed by atoms with Crippen LogP contribution >= 0.6 is 11.8 Å². The van der Waals surface area contributed by atoms with Crippen molar-refractivity contribution in [2.75, 3.05) is 17.2 Å². The van der Waals surface area contributed by atoms with Gasteiger partial charge in [0.15, 0.2) is 0 Å². The summed E-state index contributed by atoms with van der Waals surface area (Å²) in [4.78, 5) is 9.55. The molecule has 0 bridgehead atoms. The van der Waals surface area contributed by atoms with Gasteiger partial charge in [0.25, 0.3) is 0 Å². The average Bonchev–Trinajstić information content (AvgIpc) is 3.09. The summed E-state index contributed by atoms with van der Waals surface area (Å²) in [5.41, 5.74) is 3.12. The molecule has 4 rings (SSSR count). The quantitative estimate of drug-likeness (QED) is 0.693. The van der Waals surface area contributed by atoms with Crippen molar-refractivity contribution in [2.45, 2.75) is 12.2 Å². The van der Waals surface area contributed by atoms with Gasteiger partial charge in [-0.1, -0.05) is 12.1 Å². The van der Waals surface area contributed by atoms with Gasteiger partial charge in [-0.2, -0.15) is 24.9 Å². The molecule has 2 heterocycles. The molecule has 129 valence electrons. The summed E-state index contributed by atoms with van der Waals surface area (Å²) >= 11 is 1.70. The maximum Gasteiger partial charge on any atom is 0.416 e. The molecule has 1 aromatic heterocycles. The van der Waals surface area contributed by atoms with Crippen molar-refractivity contribution in [3.8, 4) is 0 Å². The minimum atomic E-state index is -4.31. The number of aromatic amines is 1. The van der Waals surface area contributed by atoms with Gasteiger partial charge in [-0.05, 0) is 35.9 Å². The molecule has 1 aliphatic heterocycles. The highest BCUT2D eigenvalue weighted by atomic mass is 32.2. The highest BCUT2D eigenvalue weighted by molar-refractivity contribution is 8.01. The number of nitrogens with one attached hydrogen (secondary N) is 1. The van der Waals surface area contributed by atoms with Gasteiger partial charge in [-0.3, -0.25) is 0 Å². The van der Waals surface area contributed by atoms with Crippen LogP contribution in [0.4, 0.5) is 18.9 Å². The summed E-state index contributed by atoms with van der Waals surface area (Å²) in [6.07, 6.45) is -2.65. The number of hydrogen-bond acceptors (Lipinski definition) is 3. The van der Waals surface area contributed by atoms with Crippen molar-refractivity contribution in [1.82, 2.24) is 9.97 Å². The fraction of sp³-hybridized carbons (Fsp3) is 0.222. The number of hydrogen-bond donors (Lipinski definition) is 1. The molecule has 1 unspecified atom stereocenters. The number of benzene rings is 2. The molecule has 25 heavy (non-hydrogen) atoms. The Morgan fingerprint density at radius 2 is 1.92 bits per heavy atom. The Balaban J connectivity index is 1.66. The number of fused-ring (bicyclic) bond motifs is 1. The van der Waals surface area contributed by atoms with Crippen LogP contribution in [0.25, 0.3) is 11.0 Å². The smallest absolute Gasteiger partial charge is 0.362 e. The monoisotopic (exact) mass is 362 g/mol. The van der Waals surface area contributed by atoms with Crippen LogP contribution in [0.2, 0.25) is 0 Å². The number of anilines is 1. The lowest BCUT2D eigenvalue weighted by atomic mass is 10.0. The largest absolute Gasteiger partial charge is 0.416 e. The van der Waals surface area contributed by atoms with E-state index in [0.717, 1.165) is 46.7 Å². The summed E-state index contributed by atoms with van der Waals surface area (Å²) in [6.45, 7) is 0.728. The van der Waals surface area contributed by atoms with Gasteiger partial charge in [0.1, 0.15) is 0 Å². The van der Waals surface area contributed by atoms with E-state index in [-0.39, 0.29) is 6.04 Å². The zero-order valence-electron chi connectivity index (χ0n) is 13.1. The molecule has 0 amide bonds. The summed E-state index contributed by atoms with van der Waals surface area (Å²) in [6, 6.07) is 11.5. The molecule has 1 atom stereocenters. The number of H-pyrrole nitrogens is 1. The van der Waals surface area contributed by atoms with Crippen molar-refractivity contribution in [1.29, 1.82) is 0 Å². The number of rotatable bonds is 2. The van der Waals surface area contributed by atoms with Crippen LogP contribution in [-0.4, -0.2) is 22.3 Å². The standard InChI is InChI=1S/C18H15F3N3S/c19-18(20,21)13-3-1-12(2-4-13)17-10-25-8-7-24(17)14-5-6-15-16(9-14)23-11-22-15/h1-6,8-9,11,17H,7,10H2,(H,22,23). The molecule has 2 aromatic carbocycles. The molecule has 0 aliphatic carbocycles. The fourth-order valence-electron chi connectivity index (χ4n) is 3.06. The van der Waals surface area contributed by atoms with Crippen molar-refractivity contribution in [2.24, 2.45) is 0 Å². The molecule has 3 aromatic rings. The first-order chi connectivity index (χ1) is 12.0. The van der Waals surface area contributed by atoms with Crippen molar-refractivity contribution in [3.63, 3.8) is 0 Å². The molecule has 1 N–H and O–H groups in total. The summed E-state index contributed by atoms with van der Waals surface area (Å²) < 4.78 is 38.4. The molecule has 7 heteroatoms. The molecule has 1 aliphatic rings. The third-order valence-corrected chi connectivity index (χ3v) is 5.27. The van der Waals surface area contributed by atoms with E-state index < -0.39 is 11.7 Å². The lowest BCUT2D eigenvalue weighted by Gasteiger charge is -2.37. The Morgan fingerprint density at radius 3 is 2.68 bits per heavy atom. The van der Waals surface area contributed by atoms with E-state index in [1.54, 1.807) is 30.2 Å². The zero-order chi connectivity index (χ0) is 17.4. The highest BCUT2D eigenvalue weighted by Crippen LogP contribution is 2.37. The topological polar surface area (TPSA) is 31.9 Å². The van der Waals surface area contributed by atoms with Crippen LogP contribution < -0.4 is 4.90 Å². The summed E-state index contributed by atoms with van der Waals surface area (Å²) in [5, 5.41) is 0. The maximum absolute atomic E-state index is 12.8. The van der Waals surface area contributed by atoms with E-state index >= 15 is 0 Å². The molecule has 1 radical (unpaired) electrons. The first-order valence-electron chi connectivity index (χ1n) is 7.82. The number of aromatic nitrogens is 2. The van der Waals surface area contributed by atoms with Gasteiger partial charge < -0.3 is 9.88 Å². The highest BCUT2D eigenvalue weighted by Gasteiger charge is 2.31. The van der Waals surface area contributed by atoms with E-state index in [4.69, 9.17) is 0 Å². The first-order valence-corrected chi connectivity index (χ1v) is 8.87. The zero-order valence-corrected chi connectivity index (χ0v) is 13.9. The molecule has 0 spiro atoms. The van der Waals surface area contributed by atoms with Crippen molar-refractivity contribution in [3.05, 3.63) is 65.7 Å². The third-order valence-electron chi connectivity index (χ3n) is 4.38.